The van der Waals surface area contributed by atoms with Crippen LogP contribution in [0.2, 0.25) is 0 Å². The third-order valence-corrected chi connectivity index (χ3v) is 3.10. The van der Waals surface area contributed by atoms with Gasteiger partial charge in [0, 0.05) is 11.3 Å². The summed E-state index contributed by atoms with van der Waals surface area (Å²) in [6.07, 6.45) is 6.69. The Morgan fingerprint density at radius 1 is 1.06 bits per heavy atom. The van der Waals surface area contributed by atoms with Crippen molar-refractivity contribution in [3.8, 4) is 0 Å². The van der Waals surface area contributed by atoms with Crippen molar-refractivity contribution in [2.75, 3.05) is 0 Å². The molecule has 0 heterocycles. The van der Waals surface area contributed by atoms with Gasteiger partial charge in [0.05, 0.1) is 0 Å². The molecule has 0 unspecified atom stereocenters. The predicted molar refractivity (Wildman–Crippen MR) is 69.0 cm³/mol. The Morgan fingerprint density at radius 2 is 1.67 bits per heavy atom. The molecule has 0 radical (unpaired) electrons. The third-order valence-electron chi connectivity index (χ3n) is 3.10. The molecule has 1 aliphatic rings. The summed E-state index contributed by atoms with van der Waals surface area (Å²) < 4.78 is 12.7. The monoisotopic (exact) mass is 248 g/mol. The second-order valence-corrected chi connectivity index (χ2v) is 4.54. The number of nitrogens with one attached hydrogen (secondary N) is 1. The van der Waals surface area contributed by atoms with Crippen LogP contribution in [0.15, 0.2) is 29.4 Å². The number of benzene rings is 1. The van der Waals surface area contributed by atoms with Gasteiger partial charge in [-0.3, -0.25) is 4.79 Å². The maximum atomic E-state index is 12.7. The summed E-state index contributed by atoms with van der Waals surface area (Å²) in [6, 6.07) is 5.46. The zero-order valence-electron chi connectivity index (χ0n) is 10.3. The van der Waals surface area contributed by atoms with E-state index in [-0.39, 0.29) is 11.7 Å². The van der Waals surface area contributed by atoms with Gasteiger partial charge >= 0.3 is 0 Å². The van der Waals surface area contributed by atoms with Crippen LogP contribution in [0.1, 0.15) is 48.9 Å². The minimum Gasteiger partial charge on any atom is -0.267 e. The molecule has 0 saturated heterocycles. The molecule has 1 amide bonds. The van der Waals surface area contributed by atoms with Gasteiger partial charge in [-0.05, 0) is 49.9 Å². The lowest BCUT2D eigenvalue weighted by Gasteiger charge is -2.03. The lowest BCUT2D eigenvalue weighted by Crippen LogP contribution is -2.19. The minimum atomic E-state index is -0.346. The number of hydrogen-bond donors (Lipinski definition) is 1. The highest BCUT2D eigenvalue weighted by Gasteiger charge is 2.08. The van der Waals surface area contributed by atoms with E-state index in [2.05, 4.69) is 10.5 Å². The molecule has 0 atom stereocenters. The summed E-state index contributed by atoms with van der Waals surface area (Å²) in [5.74, 6) is -0.631. The molecule has 96 valence electrons. The van der Waals surface area contributed by atoms with Crippen LogP contribution in [0.25, 0.3) is 0 Å². The van der Waals surface area contributed by atoms with E-state index in [9.17, 15) is 9.18 Å². The maximum absolute atomic E-state index is 12.7. The van der Waals surface area contributed by atoms with Gasteiger partial charge in [-0.1, -0.05) is 12.8 Å². The van der Waals surface area contributed by atoms with Gasteiger partial charge in [-0.2, -0.15) is 5.10 Å². The van der Waals surface area contributed by atoms with E-state index < -0.39 is 0 Å². The van der Waals surface area contributed by atoms with E-state index in [0.29, 0.717) is 5.56 Å². The van der Waals surface area contributed by atoms with Gasteiger partial charge in [-0.25, -0.2) is 9.82 Å². The van der Waals surface area contributed by atoms with E-state index >= 15 is 0 Å². The van der Waals surface area contributed by atoms with Gasteiger partial charge in [0.15, 0.2) is 0 Å². The van der Waals surface area contributed by atoms with E-state index in [4.69, 9.17) is 0 Å². The van der Waals surface area contributed by atoms with Gasteiger partial charge in [0.25, 0.3) is 5.91 Å². The number of rotatable bonds is 2. The molecule has 2 rings (SSSR count). The molecule has 4 heteroatoms. The highest BCUT2D eigenvalue weighted by atomic mass is 19.1. The molecule has 0 aromatic heterocycles. The number of halogens is 1. The topological polar surface area (TPSA) is 41.5 Å². The van der Waals surface area contributed by atoms with Crippen molar-refractivity contribution in [1.29, 1.82) is 0 Å². The minimum absolute atomic E-state index is 0.285. The number of hydrogen-bond acceptors (Lipinski definition) is 2. The molecule has 1 aromatic rings. The maximum Gasteiger partial charge on any atom is 0.271 e. The molecule has 0 bridgehead atoms. The molecule has 1 N–H and O–H groups in total. The largest absolute Gasteiger partial charge is 0.271 e. The normalized spacial score (nSPS) is 15.9. The molecular weight excluding hydrogens is 231 g/mol. The van der Waals surface area contributed by atoms with Gasteiger partial charge in [0.1, 0.15) is 5.82 Å². The van der Waals surface area contributed by atoms with E-state index in [1.165, 1.54) is 37.1 Å². The van der Waals surface area contributed by atoms with Gasteiger partial charge in [-0.15, -0.1) is 0 Å². The highest BCUT2D eigenvalue weighted by Crippen LogP contribution is 2.14. The molecule has 0 spiro atoms. The molecule has 0 aliphatic heterocycles. The van der Waals surface area contributed by atoms with Crippen molar-refractivity contribution >= 4 is 11.6 Å². The number of amides is 1. The fourth-order valence-corrected chi connectivity index (χ4v) is 2.04. The zero-order chi connectivity index (χ0) is 12.8. The Labute approximate surface area is 106 Å². The first-order valence-corrected chi connectivity index (χ1v) is 6.37. The van der Waals surface area contributed by atoms with Crippen molar-refractivity contribution in [3.63, 3.8) is 0 Å². The first-order valence-electron chi connectivity index (χ1n) is 6.37. The molecule has 3 nitrogen and oxygen atoms in total. The number of carbonyl (C=O) groups excluding carboxylic acids is 1. The predicted octanol–water partition coefficient (Wildman–Crippen LogP) is 3.27. The van der Waals surface area contributed by atoms with Crippen molar-refractivity contribution < 1.29 is 9.18 Å². The summed E-state index contributed by atoms with van der Waals surface area (Å²) in [5.41, 5.74) is 4.03. The average Bonchev–Trinajstić information content (AvgIpc) is 2.65. The Morgan fingerprint density at radius 3 is 2.28 bits per heavy atom. The zero-order valence-corrected chi connectivity index (χ0v) is 10.3. The molecule has 1 aromatic carbocycles. The summed E-state index contributed by atoms with van der Waals surface area (Å²) in [7, 11) is 0. The Kier molecular flexibility index (Phi) is 4.45. The SMILES string of the molecule is O=C(NN=C1CCCCCC1)c1ccc(F)cc1. The Balaban J connectivity index is 1.94. The molecular formula is C14H17FN2O. The molecule has 1 aliphatic carbocycles. The number of nitrogens with zero attached hydrogens (tertiary/aromatic N) is 1. The van der Waals surface area contributed by atoms with Crippen LogP contribution in [0.5, 0.6) is 0 Å². The summed E-state index contributed by atoms with van der Waals surface area (Å²) in [5, 5.41) is 4.17. The van der Waals surface area contributed by atoms with E-state index in [1.54, 1.807) is 0 Å². The Hall–Kier alpha value is -1.71. The van der Waals surface area contributed by atoms with E-state index in [1.807, 2.05) is 0 Å². The average molecular weight is 248 g/mol. The van der Waals surface area contributed by atoms with Crippen LogP contribution in [-0.4, -0.2) is 11.6 Å². The quantitative estimate of drug-likeness (QED) is 0.633. The van der Waals surface area contributed by atoms with Crippen LogP contribution >= 0.6 is 0 Å². The lowest BCUT2D eigenvalue weighted by atomic mass is 10.2. The number of carbonyl (C=O) groups is 1. The van der Waals surface area contributed by atoms with Crippen LogP contribution in [-0.2, 0) is 0 Å². The summed E-state index contributed by atoms with van der Waals surface area (Å²) in [6.45, 7) is 0. The van der Waals surface area contributed by atoms with Crippen molar-refractivity contribution in [2.45, 2.75) is 38.5 Å². The smallest absolute Gasteiger partial charge is 0.267 e. The van der Waals surface area contributed by atoms with Crippen LogP contribution in [0.3, 0.4) is 0 Å². The van der Waals surface area contributed by atoms with Crippen LogP contribution in [0, 0.1) is 5.82 Å². The Bertz CT molecular complexity index is 430. The third kappa shape index (κ3) is 3.65. The van der Waals surface area contributed by atoms with Crippen molar-refractivity contribution in [1.82, 2.24) is 5.43 Å². The fourth-order valence-electron chi connectivity index (χ4n) is 2.04. The molecule has 18 heavy (non-hydrogen) atoms. The van der Waals surface area contributed by atoms with Gasteiger partial charge in [0.2, 0.25) is 0 Å². The first kappa shape index (κ1) is 12.7. The standard InChI is InChI=1S/C14H17FN2O/c15-12-9-7-11(8-10-12)14(18)17-16-13-5-3-1-2-4-6-13/h7-10H,1-6H2,(H,17,18). The second-order valence-electron chi connectivity index (χ2n) is 4.54. The lowest BCUT2D eigenvalue weighted by molar-refractivity contribution is 0.0954. The first-order chi connectivity index (χ1) is 8.75. The van der Waals surface area contributed by atoms with Crippen molar-refractivity contribution in [3.05, 3.63) is 35.6 Å². The fraction of sp³-hybridized carbons (Fsp3) is 0.429. The second kappa shape index (κ2) is 6.28. The van der Waals surface area contributed by atoms with Crippen LogP contribution < -0.4 is 5.43 Å². The van der Waals surface area contributed by atoms with Gasteiger partial charge < -0.3 is 0 Å². The summed E-state index contributed by atoms with van der Waals surface area (Å²) in [4.78, 5) is 11.7. The molecule has 1 fully saturated rings. The van der Waals surface area contributed by atoms with Crippen LogP contribution in [0.4, 0.5) is 4.39 Å². The summed E-state index contributed by atoms with van der Waals surface area (Å²) >= 11 is 0. The van der Waals surface area contributed by atoms with Crippen molar-refractivity contribution in [2.24, 2.45) is 5.10 Å². The molecule has 1 saturated carbocycles. The highest BCUT2D eigenvalue weighted by molar-refractivity contribution is 5.95. The van der Waals surface area contributed by atoms with E-state index in [0.717, 1.165) is 31.4 Å². The number of hydrazone groups is 1.